The zero-order chi connectivity index (χ0) is 10.8. The highest BCUT2D eigenvalue weighted by Gasteiger charge is 2.33. The van der Waals surface area contributed by atoms with E-state index < -0.39 is 5.91 Å². The molecule has 15 heavy (non-hydrogen) atoms. The molecule has 3 nitrogen and oxygen atoms in total. The highest BCUT2D eigenvalue weighted by atomic mass is 16.5. The molecule has 2 N–H and O–H groups in total. The standard InChI is InChI=1S/C12H15NO2/c1-8-6-9(8)7-15-11-5-3-2-4-10(11)12(13)14/h2-5,8-9H,6-7H2,1H3,(H2,13,14). The maximum absolute atomic E-state index is 11.1. The van der Waals surface area contributed by atoms with Crippen LogP contribution in [-0.2, 0) is 0 Å². The minimum Gasteiger partial charge on any atom is -0.492 e. The van der Waals surface area contributed by atoms with Crippen molar-refractivity contribution in [2.75, 3.05) is 6.61 Å². The zero-order valence-corrected chi connectivity index (χ0v) is 8.77. The summed E-state index contributed by atoms with van der Waals surface area (Å²) in [5.74, 6) is 1.57. The lowest BCUT2D eigenvalue weighted by Gasteiger charge is -2.08. The molecule has 0 radical (unpaired) electrons. The molecule has 1 aliphatic rings. The van der Waals surface area contributed by atoms with Crippen molar-refractivity contribution < 1.29 is 9.53 Å². The van der Waals surface area contributed by atoms with Gasteiger partial charge in [0.1, 0.15) is 5.75 Å². The van der Waals surface area contributed by atoms with E-state index >= 15 is 0 Å². The molecule has 0 spiro atoms. The van der Waals surface area contributed by atoms with Crippen LogP contribution in [0.2, 0.25) is 0 Å². The molecule has 0 heterocycles. The van der Waals surface area contributed by atoms with Crippen LogP contribution in [-0.4, -0.2) is 12.5 Å². The van der Waals surface area contributed by atoms with E-state index in [1.807, 2.05) is 6.07 Å². The first-order chi connectivity index (χ1) is 7.18. The minimum absolute atomic E-state index is 0.436. The number of hydrogen-bond acceptors (Lipinski definition) is 2. The van der Waals surface area contributed by atoms with E-state index in [1.54, 1.807) is 18.2 Å². The van der Waals surface area contributed by atoms with Gasteiger partial charge in [-0.15, -0.1) is 0 Å². The van der Waals surface area contributed by atoms with Crippen molar-refractivity contribution in [1.82, 2.24) is 0 Å². The van der Waals surface area contributed by atoms with E-state index in [4.69, 9.17) is 10.5 Å². The van der Waals surface area contributed by atoms with Gasteiger partial charge in [-0.3, -0.25) is 4.79 Å². The van der Waals surface area contributed by atoms with Crippen molar-refractivity contribution in [1.29, 1.82) is 0 Å². The molecule has 80 valence electrons. The summed E-state index contributed by atoms with van der Waals surface area (Å²) in [6.45, 7) is 2.89. The third kappa shape index (κ3) is 2.29. The molecule has 0 aliphatic heterocycles. The second-order valence-electron chi connectivity index (χ2n) is 4.14. The number of benzene rings is 1. The summed E-state index contributed by atoms with van der Waals surface area (Å²) in [6, 6.07) is 7.10. The Morgan fingerprint density at radius 2 is 2.20 bits per heavy atom. The van der Waals surface area contributed by atoms with E-state index in [1.165, 1.54) is 6.42 Å². The summed E-state index contributed by atoms with van der Waals surface area (Å²) in [6.07, 6.45) is 1.22. The third-order valence-electron chi connectivity index (χ3n) is 2.88. The van der Waals surface area contributed by atoms with Gasteiger partial charge in [0.25, 0.3) is 5.91 Å². The molecule has 0 saturated heterocycles. The Kier molecular flexibility index (Phi) is 2.62. The SMILES string of the molecule is CC1CC1COc1ccccc1C(N)=O. The van der Waals surface area contributed by atoms with Gasteiger partial charge in [-0.1, -0.05) is 19.1 Å². The Morgan fingerprint density at radius 3 is 2.80 bits per heavy atom. The Labute approximate surface area is 89.2 Å². The number of rotatable bonds is 4. The molecule has 1 amide bonds. The molecule has 2 unspecified atom stereocenters. The molecule has 1 saturated carbocycles. The van der Waals surface area contributed by atoms with Crippen molar-refractivity contribution in [3.63, 3.8) is 0 Å². The smallest absolute Gasteiger partial charge is 0.252 e. The first kappa shape index (κ1) is 10.0. The lowest BCUT2D eigenvalue weighted by Crippen LogP contribution is -2.13. The summed E-state index contributed by atoms with van der Waals surface area (Å²) in [5, 5.41) is 0. The lowest BCUT2D eigenvalue weighted by atomic mass is 10.2. The molecule has 2 atom stereocenters. The van der Waals surface area contributed by atoms with Crippen molar-refractivity contribution in [3.05, 3.63) is 29.8 Å². The first-order valence-electron chi connectivity index (χ1n) is 5.20. The van der Waals surface area contributed by atoms with Gasteiger partial charge in [0, 0.05) is 0 Å². The average molecular weight is 205 g/mol. The van der Waals surface area contributed by atoms with Crippen LogP contribution in [0, 0.1) is 11.8 Å². The summed E-state index contributed by atoms with van der Waals surface area (Å²) >= 11 is 0. The van der Waals surface area contributed by atoms with Gasteiger partial charge in [0.2, 0.25) is 0 Å². The van der Waals surface area contributed by atoms with Crippen molar-refractivity contribution >= 4 is 5.91 Å². The zero-order valence-electron chi connectivity index (χ0n) is 8.77. The van der Waals surface area contributed by atoms with Gasteiger partial charge < -0.3 is 10.5 Å². The van der Waals surface area contributed by atoms with Crippen LogP contribution in [0.15, 0.2) is 24.3 Å². The van der Waals surface area contributed by atoms with E-state index in [-0.39, 0.29) is 0 Å². The van der Waals surface area contributed by atoms with Crippen molar-refractivity contribution in [2.24, 2.45) is 17.6 Å². The van der Waals surface area contributed by atoms with Crippen LogP contribution >= 0.6 is 0 Å². The third-order valence-corrected chi connectivity index (χ3v) is 2.88. The largest absolute Gasteiger partial charge is 0.492 e. The summed E-state index contributed by atoms with van der Waals surface area (Å²) in [5.41, 5.74) is 5.71. The molecule has 0 aromatic heterocycles. The highest BCUT2D eigenvalue weighted by molar-refractivity contribution is 5.95. The minimum atomic E-state index is -0.436. The molecule has 2 rings (SSSR count). The van der Waals surface area contributed by atoms with Crippen LogP contribution in [0.1, 0.15) is 23.7 Å². The van der Waals surface area contributed by atoms with Crippen LogP contribution < -0.4 is 10.5 Å². The monoisotopic (exact) mass is 205 g/mol. The van der Waals surface area contributed by atoms with Crippen LogP contribution in [0.25, 0.3) is 0 Å². The van der Waals surface area contributed by atoms with Gasteiger partial charge in [-0.05, 0) is 30.4 Å². The number of amides is 1. The average Bonchev–Trinajstić information content (AvgIpc) is 2.92. The second kappa shape index (κ2) is 3.93. The molecule has 1 aliphatic carbocycles. The Balaban J connectivity index is 2.03. The first-order valence-corrected chi connectivity index (χ1v) is 5.20. The molecular weight excluding hydrogens is 190 g/mol. The number of hydrogen-bond donors (Lipinski definition) is 1. The summed E-state index contributed by atoms with van der Waals surface area (Å²) in [4.78, 5) is 11.1. The summed E-state index contributed by atoms with van der Waals surface area (Å²) in [7, 11) is 0. The molecule has 1 aromatic rings. The highest BCUT2D eigenvalue weighted by Crippen LogP contribution is 2.38. The number of nitrogens with two attached hydrogens (primary N) is 1. The number of ether oxygens (including phenoxy) is 1. The maximum Gasteiger partial charge on any atom is 0.252 e. The summed E-state index contributed by atoms with van der Waals surface area (Å²) < 4.78 is 5.59. The fourth-order valence-electron chi connectivity index (χ4n) is 1.62. The number of primary amides is 1. The Hall–Kier alpha value is -1.51. The molecule has 1 aromatic carbocycles. The van der Waals surface area contributed by atoms with E-state index in [0.717, 1.165) is 5.92 Å². The van der Waals surface area contributed by atoms with E-state index in [2.05, 4.69) is 6.92 Å². The van der Waals surface area contributed by atoms with Crippen molar-refractivity contribution in [2.45, 2.75) is 13.3 Å². The number of carbonyl (C=O) groups is 1. The maximum atomic E-state index is 11.1. The quantitative estimate of drug-likeness (QED) is 0.815. The van der Waals surface area contributed by atoms with Crippen LogP contribution in [0.5, 0.6) is 5.75 Å². The Morgan fingerprint density at radius 1 is 1.53 bits per heavy atom. The molecule has 1 fully saturated rings. The number of carbonyl (C=O) groups excluding carboxylic acids is 1. The Bertz CT molecular complexity index is 376. The predicted octanol–water partition coefficient (Wildman–Crippen LogP) is 1.82. The van der Waals surface area contributed by atoms with Crippen LogP contribution in [0.3, 0.4) is 0 Å². The number of para-hydroxylation sites is 1. The van der Waals surface area contributed by atoms with E-state index in [0.29, 0.717) is 23.8 Å². The van der Waals surface area contributed by atoms with Gasteiger partial charge in [-0.2, -0.15) is 0 Å². The fraction of sp³-hybridized carbons (Fsp3) is 0.417. The topological polar surface area (TPSA) is 52.3 Å². The van der Waals surface area contributed by atoms with Crippen molar-refractivity contribution in [3.8, 4) is 5.75 Å². The molecule has 0 bridgehead atoms. The molecule has 3 heteroatoms. The predicted molar refractivity (Wildman–Crippen MR) is 57.7 cm³/mol. The lowest BCUT2D eigenvalue weighted by molar-refractivity contribution is 0.0996. The normalized spacial score (nSPS) is 23.5. The van der Waals surface area contributed by atoms with Gasteiger partial charge in [-0.25, -0.2) is 0 Å². The van der Waals surface area contributed by atoms with Gasteiger partial charge >= 0.3 is 0 Å². The fourth-order valence-corrected chi connectivity index (χ4v) is 1.62. The second-order valence-corrected chi connectivity index (χ2v) is 4.14. The molecular formula is C12H15NO2. The van der Waals surface area contributed by atoms with Gasteiger partial charge in [0.05, 0.1) is 12.2 Å². The van der Waals surface area contributed by atoms with Crippen LogP contribution in [0.4, 0.5) is 0 Å². The van der Waals surface area contributed by atoms with Gasteiger partial charge in [0.15, 0.2) is 0 Å². The van der Waals surface area contributed by atoms with E-state index in [9.17, 15) is 4.79 Å².